The molecular weight excluding hydrogens is 482 g/mol. The van der Waals surface area contributed by atoms with Crippen LogP contribution in [0, 0.1) is 17.1 Å². The molecule has 2 aliphatic rings. The number of hydrogen-bond acceptors (Lipinski definition) is 6. The fourth-order valence-electron chi connectivity index (χ4n) is 3.65. The molecule has 1 aromatic carbocycles. The van der Waals surface area contributed by atoms with E-state index < -0.39 is 79.7 Å². The molecule has 2 amide bonds. The number of halogens is 4. The van der Waals surface area contributed by atoms with Gasteiger partial charge in [-0.25, -0.2) is 17.6 Å². The fourth-order valence-corrected chi connectivity index (χ4v) is 5.54. The van der Waals surface area contributed by atoms with Crippen molar-refractivity contribution in [1.82, 2.24) is 10.2 Å². The molecule has 0 radical (unpaired) electrons. The Morgan fingerprint density at radius 1 is 1.24 bits per heavy atom. The van der Waals surface area contributed by atoms with Crippen LogP contribution in [-0.4, -0.2) is 54.3 Å². The molecule has 0 aromatic heterocycles. The van der Waals surface area contributed by atoms with E-state index in [1.807, 2.05) is 6.07 Å². The average molecular weight is 505 g/mol. The van der Waals surface area contributed by atoms with E-state index in [4.69, 9.17) is 4.74 Å². The van der Waals surface area contributed by atoms with Gasteiger partial charge in [-0.05, 0) is 58.2 Å². The Bertz CT molecular complexity index is 1150. The number of hydrogen-bond donors (Lipinski definition) is 1. The van der Waals surface area contributed by atoms with Crippen LogP contribution in [0.2, 0.25) is 0 Å². The van der Waals surface area contributed by atoms with Crippen LogP contribution in [0.25, 0.3) is 0 Å². The molecule has 2 atom stereocenters. The monoisotopic (exact) mass is 505 g/mol. The van der Waals surface area contributed by atoms with Gasteiger partial charge in [0.25, 0.3) is 0 Å². The van der Waals surface area contributed by atoms with Crippen LogP contribution in [0.5, 0.6) is 0 Å². The van der Waals surface area contributed by atoms with E-state index in [1.54, 1.807) is 20.8 Å². The zero-order chi connectivity index (χ0) is 25.7. The molecule has 2 fully saturated rings. The second-order valence-electron chi connectivity index (χ2n) is 9.37. The van der Waals surface area contributed by atoms with Crippen LogP contribution in [0.1, 0.15) is 45.6 Å². The highest BCUT2D eigenvalue weighted by Gasteiger charge is 2.52. The second kappa shape index (κ2) is 8.41. The van der Waals surface area contributed by atoms with Crippen LogP contribution in [0.4, 0.5) is 22.4 Å². The fraction of sp³-hybridized carbons (Fsp3) is 0.571. The minimum absolute atomic E-state index is 0.0848. The van der Waals surface area contributed by atoms with E-state index in [9.17, 15) is 40.8 Å². The number of benzene rings is 1. The third-order valence-corrected chi connectivity index (χ3v) is 7.70. The minimum atomic E-state index is -5.16. The first-order valence-electron chi connectivity index (χ1n) is 10.3. The Morgan fingerprint density at radius 2 is 1.85 bits per heavy atom. The Labute approximate surface area is 193 Å². The molecule has 0 unspecified atom stereocenters. The Morgan fingerprint density at radius 3 is 2.35 bits per heavy atom. The number of amides is 2. The molecule has 1 aliphatic carbocycles. The average Bonchev–Trinajstić information content (AvgIpc) is 3.30. The molecule has 1 N–H and O–H groups in total. The summed E-state index contributed by atoms with van der Waals surface area (Å²) in [5.41, 5.74) is -3.79. The lowest BCUT2D eigenvalue weighted by Crippen LogP contribution is -2.50. The highest BCUT2D eigenvalue weighted by atomic mass is 32.2. The van der Waals surface area contributed by atoms with Crippen molar-refractivity contribution in [2.45, 2.75) is 73.5 Å². The Kier molecular flexibility index (Phi) is 6.36. The normalized spacial score (nSPS) is 22.1. The second-order valence-corrected chi connectivity index (χ2v) is 11.6. The topological polar surface area (TPSA) is 117 Å². The van der Waals surface area contributed by atoms with Gasteiger partial charge in [-0.1, -0.05) is 0 Å². The van der Waals surface area contributed by atoms with Gasteiger partial charge in [-0.15, -0.1) is 0 Å². The smallest absolute Gasteiger partial charge is 0.417 e. The van der Waals surface area contributed by atoms with Crippen LogP contribution in [0.15, 0.2) is 23.1 Å². The van der Waals surface area contributed by atoms with E-state index in [1.165, 1.54) is 0 Å². The summed E-state index contributed by atoms with van der Waals surface area (Å²) in [7, 11) is -4.76. The van der Waals surface area contributed by atoms with Gasteiger partial charge in [0.1, 0.15) is 23.0 Å². The third kappa shape index (κ3) is 5.27. The molecule has 1 heterocycles. The van der Waals surface area contributed by atoms with Gasteiger partial charge in [0.2, 0.25) is 5.91 Å². The molecule has 34 heavy (non-hydrogen) atoms. The summed E-state index contributed by atoms with van der Waals surface area (Å²) in [6, 6.07) is 1.75. The Hall–Kier alpha value is -2.88. The van der Waals surface area contributed by atoms with Gasteiger partial charge in [0, 0.05) is 6.54 Å². The maximum atomic E-state index is 13.5. The van der Waals surface area contributed by atoms with Crippen molar-refractivity contribution >= 4 is 21.8 Å². The van der Waals surface area contributed by atoms with Crippen molar-refractivity contribution in [1.29, 1.82) is 5.26 Å². The molecule has 0 bridgehead atoms. The lowest BCUT2D eigenvalue weighted by atomic mass is 10.2. The summed E-state index contributed by atoms with van der Waals surface area (Å²) >= 11 is 0. The van der Waals surface area contributed by atoms with Gasteiger partial charge >= 0.3 is 12.3 Å². The number of nitriles is 1. The minimum Gasteiger partial charge on any atom is -0.444 e. The summed E-state index contributed by atoms with van der Waals surface area (Å²) in [4.78, 5) is 25.3. The molecule has 8 nitrogen and oxygen atoms in total. The van der Waals surface area contributed by atoms with Crippen LogP contribution in [-0.2, 0) is 25.5 Å². The number of sulfone groups is 1. The van der Waals surface area contributed by atoms with Gasteiger partial charge in [-0.3, -0.25) is 9.69 Å². The quantitative estimate of drug-likeness (QED) is 0.496. The molecular formula is C21H23F4N3O5S. The van der Waals surface area contributed by atoms with Gasteiger partial charge in [-0.2, -0.15) is 18.4 Å². The van der Waals surface area contributed by atoms with E-state index in [0.29, 0.717) is 25.0 Å². The molecule has 1 saturated heterocycles. The predicted molar refractivity (Wildman–Crippen MR) is 109 cm³/mol. The van der Waals surface area contributed by atoms with E-state index >= 15 is 0 Å². The van der Waals surface area contributed by atoms with Crippen molar-refractivity contribution in [2.75, 3.05) is 6.54 Å². The molecule has 0 spiro atoms. The molecule has 3 rings (SSSR count). The number of carbonyl (C=O) groups excluding carboxylic acids is 2. The number of alkyl halides is 3. The number of ether oxygens (including phenoxy) is 1. The number of nitrogens with zero attached hydrogens (tertiary/aromatic N) is 2. The summed E-state index contributed by atoms with van der Waals surface area (Å²) in [5.74, 6) is -2.07. The molecule has 1 aliphatic heterocycles. The van der Waals surface area contributed by atoms with Crippen molar-refractivity contribution in [3.8, 4) is 6.07 Å². The van der Waals surface area contributed by atoms with Gasteiger partial charge < -0.3 is 10.1 Å². The van der Waals surface area contributed by atoms with Crippen LogP contribution < -0.4 is 5.32 Å². The summed E-state index contributed by atoms with van der Waals surface area (Å²) in [5, 5.41) is 10.1. The van der Waals surface area contributed by atoms with Crippen molar-refractivity contribution in [3.05, 3.63) is 29.6 Å². The standard InChI is InChI=1S/C21H23F4N3O5S/c1-19(2,3)33-18(30)28-10-13(9-15(28)17(29)27-20(11-26)6-7-20)34(31,32)16-5-4-12(22)8-14(16)21(23,24)25/h4-5,8,13,15H,6-7,9-10H2,1-3H3,(H,27,29)/t13-,15+/m1/s1. The maximum Gasteiger partial charge on any atom is 0.417 e. The molecule has 13 heteroatoms. The van der Waals surface area contributed by atoms with Crippen molar-refractivity contribution in [2.24, 2.45) is 0 Å². The summed E-state index contributed by atoms with van der Waals surface area (Å²) in [6.45, 7) is 4.03. The van der Waals surface area contributed by atoms with Crippen LogP contribution >= 0.6 is 0 Å². The SMILES string of the molecule is CC(C)(C)OC(=O)N1C[C@H](S(=O)(=O)c2ccc(F)cc2C(F)(F)F)C[C@H]1C(=O)NC1(C#N)CC1. The highest BCUT2D eigenvalue weighted by molar-refractivity contribution is 7.92. The molecule has 186 valence electrons. The third-order valence-electron chi connectivity index (χ3n) is 5.51. The summed E-state index contributed by atoms with van der Waals surface area (Å²) in [6.07, 6.45) is -5.96. The van der Waals surface area contributed by atoms with Crippen LogP contribution in [0.3, 0.4) is 0 Å². The molecule has 1 aromatic rings. The van der Waals surface area contributed by atoms with E-state index in [0.717, 1.165) is 4.90 Å². The van der Waals surface area contributed by atoms with E-state index in [2.05, 4.69) is 5.32 Å². The summed E-state index contributed by atoms with van der Waals surface area (Å²) < 4.78 is 85.5. The largest absolute Gasteiger partial charge is 0.444 e. The Balaban J connectivity index is 1.97. The predicted octanol–water partition coefficient (Wildman–Crippen LogP) is 3.17. The first-order chi connectivity index (χ1) is 15.5. The van der Waals surface area contributed by atoms with Gasteiger partial charge in [0.15, 0.2) is 9.84 Å². The number of rotatable bonds is 4. The molecule has 1 saturated carbocycles. The number of likely N-dealkylation sites (tertiary alicyclic amines) is 1. The number of carbonyl (C=O) groups is 2. The first-order valence-corrected chi connectivity index (χ1v) is 11.9. The zero-order valence-electron chi connectivity index (χ0n) is 18.6. The zero-order valence-corrected chi connectivity index (χ0v) is 19.4. The first kappa shape index (κ1) is 25.7. The lowest BCUT2D eigenvalue weighted by molar-refractivity contribution is -0.140. The van der Waals surface area contributed by atoms with E-state index in [-0.39, 0.29) is 6.07 Å². The maximum absolute atomic E-state index is 13.5. The van der Waals surface area contributed by atoms with Crippen molar-refractivity contribution in [3.63, 3.8) is 0 Å². The lowest BCUT2D eigenvalue weighted by Gasteiger charge is -2.28. The van der Waals surface area contributed by atoms with Crippen molar-refractivity contribution < 1.29 is 40.3 Å². The van der Waals surface area contributed by atoms with Gasteiger partial charge in [0.05, 0.1) is 21.8 Å². The highest BCUT2D eigenvalue weighted by Crippen LogP contribution is 2.39. The number of nitrogens with one attached hydrogen (secondary N) is 1.